The molecule has 0 N–H and O–H groups in total. The predicted molar refractivity (Wildman–Crippen MR) is 74.7 cm³/mol. The van der Waals surface area contributed by atoms with Crippen molar-refractivity contribution < 1.29 is 21.5 Å². The Labute approximate surface area is 120 Å². The minimum Gasteiger partial charge on any atom is -1.00 e. The van der Waals surface area contributed by atoms with E-state index in [1.165, 1.54) is 57.8 Å². The minimum absolute atomic E-state index is 0. The van der Waals surface area contributed by atoms with Crippen molar-refractivity contribution in [1.82, 2.24) is 0 Å². The SMILES string of the molecule is CCCCCCCCCC(CC)[N+](C)(C)C.[Br-]. The highest BCUT2D eigenvalue weighted by atomic mass is 79.9. The third-order valence-corrected chi connectivity index (χ3v) is 3.71. The van der Waals surface area contributed by atoms with Gasteiger partial charge in [0.1, 0.15) is 0 Å². The van der Waals surface area contributed by atoms with Gasteiger partial charge in [-0.25, -0.2) is 0 Å². The van der Waals surface area contributed by atoms with Gasteiger partial charge in [0.2, 0.25) is 0 Å². The van der Waals surface area contributed by atoms with Crippen molar-refractivity contribution in [3.63, 3.8) is 0 Å². The quantitative estimate of drug-likeness (QED) is 0.425. The van der Waals surface area contributed by atoms with Crippen LogP contribution in [0.4, 0.5) is 0 Å². The molecule has 0 rings (SSSR count). The van der Waals surface area contributed by atoms with Crippen molar-refractivity contribution >= 4 is 0 Å². The van der Waals surface area contributed by atoms with E-state index < -0.39 is 0 Å². The second-order valence-corrected chi connectivity index (χ2v) is 6.09. The summed E-state index contributed by atoms with van der Waals surface area (Å²) >= 11 is 0. The molecule has 0 spiro atoms. The second-order valence-electron chi connectivity index (χ2n) is 6.09. The van der Waals surface area contributed by atoms with Crippen molar-refractivity contribution in [3.05, 3.63) is 0 Å². The fraction of sp³-hybridized carbons (Fsp3) is 1.00. The van der Waals surface area contributed by atoms with E-state index >= 15 is 0 Å². The van der Waals surface area contributed by atoms with Crippen LogP contribution in [0.2, 0.25) is 0 Å². The average Bonchev–Trinajstić information content (AvgIpc) is 2.20. The zero-order valence-electron chi connectivity index (χ0n) is 12.8. The van der Waals surface area contributed by atoms with Gasteiger partial charge in [0.05, 0.1) is 27.2 Å². The zero-order chi connectivity index (χ0) is 12.4. The predicted octanol–water partition coefficient (Wildman–Crippen LogP) is 1.62. The van der Waals surface area contributed by atoms with Crippen LogP contribution >= 0.6 is 0 Å². The lowest BCUT2D eigenvalue weighted by Crippen LogP contribution is -3.00. The van der Waals surface area contributed by atoms with Crippen molar-refractivity contribution in [2.45, 2.75) is 77.7 Å². The van der Waals surface area contributed by atoms with Gasteiger partial charge in [0.15, 0.2) is 0 Å². The number of hydrogen-bond acceptors (Lipinski definition) is 0. The van der Waals surface area contributed by atoms with Crippen LogP contribution in [0, 0.1) is 0 Å². The molecule has 0 heterocycles. The van der Waals surface area contributed by atoms with Gasteiger partial charge in [-0.05, 0) is 19.3 Å². The first-order valence-corrected chi connectivity index (χ1v) is 7.33. The van der Waals surface area contributed by atoms with Gasteiger partial charge >= 0.3 is 0 Å². The topological polar surface area (TPSA) is 0 Å². The summed E-state index contributed by atoms with van der Waals surface area (Å²) in [6.45, 7) is 4.61. The van der Waals surface area contributed by atoms with Crippen LogP contribution in [0.15, 0.2) is 0 Å². The number of unbranched alkanes of at least 4 members (excludes halogenated alkanes) is 6. The van der Waals surface area contributed by atoms with E-state index in [0.29, 0.717) is 0 Å². The Morgan fingerprint density at radius 3 is 1.65 bits per heavy atom. The molecule has 0 aromatic heterocycles. The Hall–Kier alpha value is 0.440. The maximum Gasteiger partial charge on any atom is 0.0881 e. The van der Waals surface area contributed by atoms with Gasteiger partial charge in [0, 0.05) is 0 Å². The van der Waals surface area contributed by atoms with E-state index in [0.717, 1.165) is 10.5 Å². The standard InChI is InChI=1S/C15H34N.BrH/c1-6-8-9-10-11-12-13-14-15(7-2)16(3,4)5;/h15H,6-14H2,1-5H3;1H/q+1;/p-1. The summed E-state index contributed by atoms with van der Waals surface area (Å²) in [7, 11) is 6.99. The summed E-state index contributed by atoms with van der Waals surface area (Å²) in [5.41, 5.74) is 0. The summed E-state index contributed by atoms with van der Waals surface area (Å²) in [5.74, 6) is 0. The summed E-state index contributed by atoms with van der Waals surface area (Å²) in [5, 5.41) is 0. The Balaban J connectivity index is 0. The van der Waals surface area contributed by atoms with E-state index in [9.17, 15) is 0 Å². The maximum absolute atomic E-state index is 2.33. The largest absolute Gasteiger partial charge is 1.00 e. The van der Waals surface area contributed by atoms with E-state index in [-0.39, 0.29) is 17.0 Å². The molecule has 1 atom stereocenters. The first-order valence-electron chi connectivity index (χ1n) is 7.33. The molecule has 0 aromatic rings. The van der Waals surface area contributed by atoms with Crippen LogP contribution in [-0.4, -0.2) is 31.7 Å². The highest BCUT2D eigenvalue weighted by molar-refractivity contribution is 4.56. The van der Waals surface area contributed by atoms with Gasteiger partial charge in [-0.2, -0.15) is 0 Å². The van der Waals surface area contributed by atoms with Gasteiger partial charge < -0.3 is 21.5 Å². The molecule has 0 saturated heterocycles. The Kier molecular flexibility index (Phi) is 13.4. The zero-order valence-corrected chi connectivity index (χ0v) is 14.4. The molecule has 1 nitrogen and oxygen atoms in total. The molecule has 0 saturated carbocycles. The Bertz CT molecular complexity index is 151. The molecule has 0 fully saturated rings. The lowest BCUT2D eigenvalue weighted by molar-refractivity contribution is -0.896. The maximum atomic E-state index is 2.33. The first-order chi connectivity index (χ1) is 7.52. The number of nitrogens with zero attached hydrogens (tertiary/aromatic N) is 1. The summed E-state index contributed by atoms with van der Waals surface area (Å²) < 4.78 is 1.13. The molecular weight excluding hydrogens is 274 g/mol. The molecule has 0 bridgehead atoms. The lowest BCUT2D eigenvalue weighted by atomic mass is 10.0. The highest BCUT2D eigenvalue weighted by Crippen LogP contribution is 2.16. The van der Waals surface area contributed by atoms with Gasteiger partial charge in [-0.15, -0.1) is 0 Å². The van der Waals surface area contributed by atoms with Gasteiger partial charge in [-0.3, -0.25) is 0 Å². The highest BCUT2D eigenvalue weighted by Gasteiger charge is 2.20. The molecule has 0 aliphatic rings. The first kappa shape index (κ1) is 19.8. The van der Waals surface area contributed by atoms with Crippen LogP contribution in [0.5, 0.6) is 0 Å². The summed E-state index contributed by atoms with van der Waals surface area (Å²) in [4.78, 5) is 0. The molecule has 2 heteroatoms. The van der Waals surface area contributed by atoms with Gasteiger partial charge in [-0.1, -0.05) is 52.4 Å². The molecule has 0 amide bonds. The number of hydrogen-bond donors (Lipinski definition) is 0. The van der Waals surface area contributed by atoms with E-state index in [1.54, 1.807) is 0 Å². The minimum atomic E-state index is 0. The van der Waals surface area contributed by atoms with Crippen LogP contribution in [0.1, 0.15) is 71.6 Å². The van der Waals surface area contributed by atoms with Crippen molar-refractivity contribution in [3.8, 4) is 0 Å². The van der Waals surface area contributed by atoms with E-state index in [1.807, 2.05) is 0 Å². The normalized spacial score (nSPS) is 13.2. The number of rotatable bonds is 10. The number of halogens is 1. The van der Waals surface area contributed by atoms with Crippen LogP contribution < -0.4 is 17.0 Å². The van der Waals surface area contributed by atoms with Gasteiger partial charge in [0.25, 0.3) is 0 Å². The van der Waals surface area contributed by atoms with E-state index in [2.05, 4.69) is 35.0 Å². The van der Waals surface area contributed by atoms with E-state index in [4.69, 9.17) is 0 Å². The van der Waals surface area contributed by atoms with Crippen LogP contribution in [-0.2, 0) is 0 Å². The fourth-order valence-corrected chi connectivity index (χ4v) is 2.48. The van der Waals surface area contributed by atoms with Crippen molar-refractivity contribution in [1.29, 1.82) is 0 Å². The summed E-state index contributed by atoms with van der Waals surface area (Å²) in [6, 6.07) is 0.857. The van der Waals surface area contributed by atoms with Crippen molar-refractivity contribution in [2.75, 3.05) is 21.1 Å². The molecule has 17 heavy (non-hydrogen) atoms. The monoisotopic (exact) mass is 307 g/mol. The molecule has 0 aliphatic heterocycles. The molecule has 1 unspecified atom stereocenters. The third kappa shape index (κ3) is 11.3. The van der Waals surface area contributed by atoms with Crippen LogP contribution in [0.25, 0.3) is 0 Å². The Morgan fingerprint density at radius 1 is 0.765 bits per heavy atom. The molecule has 0 radical (unpaired) electrons. The second kappa shape index (κ2) is 11.5. The third-order valence-electron chi connectivity index (χ3n) is 3.71. The Morgan fingerprint density at radius 2 is 1.24 bits per heavy atom. The molecule has 0 aliphatic carbocycles. The lowest BCUT2D eigenvalue weighted by Gasteiger charge is -2.33. The van der Waals surface area contributed by atoms with Crippen LogP contribution in [0.3, 0.4) is 0 Å². The number of quaternary nitrogens is 1. The van der Waals surface area contributed by atoms with Crippen molar-refractivity contribution in [2.24, 2.45) is 0 Å². The molecule has 106 valence electrons. The fourth-order valence-electron chi connectivity index (χ4n) is 2.48. The average molecular weight is 308 g/mol. The smallest absolute Gasteiger partial charge is 0.0881 e. The molecular formula is C15H34BrN. The summed E-state index contributed by atoms with van der Waals surface area (Å²) in [6.07, 6.45) is 12.7. The molecule has 0 aromatic carbocycles.